The van der Waals surface area contributed by atoms with Crippen LogP contribution in [0.3, 0.4) is 0 Å². The first-order chi connectivity index (χ1) is 10.4. The van der Waals surface area contributed by atoms with Gasteiger partial charge in [0.15, 0.2) is 0 Å². The Hall–Kier alpha value is -2.24. The normalized spacial score (nSPS) is 10.1. The molecule has 0 saturated heterocycles. The summed E-state index contributed by atoms with van der Waals surface area (Å²) in [6.07, 6.45) is -0.0649. The maximum absolute atomic E-state index is 11.9. The predicted octanol–water partition coefficient (Wildman–Crippen LogP) is 4.26. The fraction of sp³-hybridized carbons (Fsp3) is 0.0667. The molecule has 0 spiro atoms. The lowest BCUT2D eigenvalue weighted by molar-refractivity contribution is -0.136. The highest BCUT2D eigenvalue weighted by molar-refractivity contribution is 6.35. The van der Waals surface area contributed by atoms with E-state index in [2.05, 4.69) is 10.6 Å². The lowest BCUT2D eigenvalue weighted by Gasteiger charge is -2.09. The van der Waals surface area contributed by atoms with E-state index in [0.717, 1.165) is 0 Å². The average molecular weight is 339 g/mol. The molecule has 0 aliphatic heterocycles. The van der Waals surface area contributed by atoms with Gasteiger partial charge in [0.25, 0.3) is 0 Å². The Morgan fingerprint density at radius 2 is 1.68 bits per heavy atom. The molecule has 2 rings (SSSR count). The minimum absolute atomic E-state index is 0.0649. The molecule has 2 aromatic rings. The van der Waals surface area contributed by atoms with Gasteiger partial charge >= 0.3 is 12.0 Å². The second-order valence-electron chi connectivity index (χ2n) is 4.47. The molecule has 2 amide bonds. The van der Waals surface area contributed by atoms with E-state index >= 15 is 0 Å². The van der Waals surface area contributed by atoms with Gasteiger partial charge in [-0.3, -0.25) is 4.79 Å². The summed E-state index contributed by atoms with van der Waals surface area (Å²) in [4.78, 5) is 22.5. The predicted molar refractivity (Wildman–Crippen MR) is 86.9 cm³/mol. The number of halogens is 2. The van der Waals surface area contributed by atoms with Gasteiger partial charge < -0.3 is 15.7 Å². The summed E-state index contributed by atoms with van der Waals surface area (Å²) < 4.78 is 0. The van der Waals surface area contributed by atoms with Crippen molar-refractivity contribution in [1.82, 2.24) is 0 Å². The number of hydrogen-bond acceptors (Lipinski definition) is 2. The summed E-state index contributed by atoms with van der Waals surface area (Å²) >= 11 is 11.8. The highest BCUT2D eigenvalue weighted by Gasteiger charge is 2.07. The Balaban J connectivity index is 1.99. The number of carbonyl (C=O) groups excluding carboxylic acids is 1. The van der Waals surface area contributed by atoms with Crippen molar-refractivity contribution in [3.63, 3.8) is 0 Å². The van der Waals surface area contributed by atoms with Crippen molar-refractivity contribution in [3.05, 3.63) is 58.1 Å². The molecule has 0 aromatic heterocycles. The Labute approximate surface area is 136 Å². The summed E-state index contributed by atoms with van der Waals surface area (Å²) in [5.41, 5.74) is 1.58. The minimum Gasteiger partial charge on any atom is -0.481 e. The number of carboxylic acids is 1. The number of carboxylic acid groups (broad SMARTS) is 1. The van der Waals surface area contributed by atoms with Gasteiger partial charge in [-0.15, -0.1) is 0 Å². The molecule has 0 saturated carbocycles. The number of urea groups is 1. The van der Waals surface area contributed by atoms with Crippen LogP contribution in [0.4, 0.5) is 16.2 Å². The maximum atomic E-state index is 11.9. The Kier molecular flexibility index (Phi) is 5.25. The van der Waals surface area contributed by atoms with E-state index in [4.69, 9.17) is 28.3 Å². The summed E-state index contributed by atoms with van der Waals surface area (Å²) in [6.45, 7) is 0. The van der Waals surface area contributed by atoms with Crippen molar-refractivity contribution in [2.45, 2.75) is 6.42 Å². The van der Waals surface area contributed by atoms with Crippen molar-refractivity contribution in [2.75, 3.05) is 10.6 Å². The fourth-order valence-electron chi connectivity index (χ4n) is 1.76. The number of hydrogen-bond donors (Lipinski definition) is 3. The van der Waals surface area contributed by atoms with Crippen molar-refractivity contribution in [1.29, 1.82) is 0 Å². The van der Waals surface area contributed by atoms with E-state index in [1.54, 1.807) is 42.5 Å². The number of aliphatic carboxylic acids is 1. The molecular weight excluding hydrogens is 327 g/mol. The molecular formula is C15H12Cl2N2O3. The van der Waals surface area contributed by atoms with Crippen molar-refractivity contribution < 1.29 is 14.7 Å². The quantitative estimate of drug-likeness (QED) is 0.779. The maximum Gasteiger partial charge on any atom is 0.323 e. The van der Waals surface area contributed by atoms with E-state index in [0.29, 0.717) is 27.0 Å². The first kappa shape index (κ1) is 16.1. The van der Waals surface area contributed by atoms with E-state index in [-0.39, 0.29) is 6.42 Å². The molecule has 0 aliphatic rings. The first-order valence-corrected chi connectivity index (χ1v) is 7.03. The van der Waals surface area contributed by atoms with Gasteiger partial charge in [0.1, 0.15) is 0 Å². The molecule has 0 aliphatic carbocycles. The Morgan fingerprint density at radius 3 is 2.32 bits per heavy atom. The van der Waals surface area contributed by atoms with E-state index < -0.39 is 12.0 Å². The van der Waals surface area contributed by atoms with E-state index in [1.807, 2.05) is 0 Å². The Morgan fingerprint density at radius 1 is 1.00 bits per heavy atom. The highest BCUT2D eigenvalue weighted by atomic mass is 35.5. The largest absolute Gasteiger partial charge is 0.481 e. The number of benzene rings is 2. The van der Waals surface area contributed by atoms with Crippen LogP contribution < -0.4 is 10.6 Å². The van der Waals surface area contributed by atoms with E-state index in [9.17, 15) is 9.59 Å². The van der Waals surface area contributed by atoms with Crippen molar-refractivity contribution >= 4 is 46.6 Å². The zero-order chi connectivity index (χ0) is 16.1. The van der Waals surface area contributed by atoms with Gasteiger partial charge in [0, 0.05) is 10.7 Å². The molecule has 114 valence electrons. The first-order valence-electron chi connectivity index (χ1n) is 6.28. The van der Waals surface area contributed by atoms with Gasteiger partial charge in [-0.25, -0.2) is 4.79 Å². The fourth-order valence-corrected chi connectivity index (χ4v) is 2.10. The van der Waals surface area contributed by atoms with Crippen LogP contribution in [0.25, 0.3) is 0 Å². The molecule has 0 radical (unpaired) electrons. The van der Waals surface area contributed by atoms with Gasteiger partial charge in [0.2, 0.25) is 0 Å². The third-order valence-corrected chi connectivity index (χ3v) is 3.31. The second kappa shape index (κ2) is 7.15. The van der Waals surface area contributed by atoms with Gasteiger partial charge in [-0.05, 0) is 35.9 Å². The van der Waals surface area contributed by atoms with Crippen molar-refractivity contribution in [3.8, 4) is 0 Å². The third kappa shape index (κ3) is 4.65. The Bertz CT molecular complexity index is 702. The zero-order valence-corrected chi connectivity index (χ0v) is 12.8. The van der Waals surface area contributed by atoms with Gasteiger partial charge in [0.05, 0.1) is 17.1 Å². The van der Waals surface area contributed by atoms with Crippen LogP contribution in [-0.2, 0) is 11.2 Å². The second-order valence-corrected chi connectivity index (χ2v) is 5.31. The lowest BCUT2D eigenvalue weighted by Crippen LogP contribution is -2.19. The zero-order valence-electron chi connectivity index (χ0n) is 11.3. The monoisotopic (exact) mass is 338 g/mol. The molecule has 22 heavy (non-hydrogen) atoms. The summed E-state index contributed by atoms with van der Waals surface area (Å²) in [5, 5.41) is 14.7. The lowest BCUT2D eigenvalue weighted by atomic mass is 10.1. The van der Waals surface area contributed by atoms with Crippen LogP contribution in [-0.4, -0.2) is 17.1 Å². The van der Waals surface area contributed by atoms with Crippen LogP contribution in [0.5, 0.6) is 0 Å². The SMILES string of the molecule is O=C(O)Cc1ccc(NC(=O)Nc2cc(Cl)ccc2Cl)cc1. The standard InChI is InChI=1S/C15H12Cl2N2O3/c16-10-3-6-12(17)13(8-10)19-15(22)18-11-4-1-9(2-5-11)7-14(20)21/h1-6,8H,7H2,(H,20,21)(H2,18,19,22). The van der Waals surface area contributed by atoms with Gasteiger partial charge in [-0.1, -0.05) is 35.3 Å². The molecule has 0 fully saturated rings. The number of amides is 2. The summed E-state index contributed by atoms with van der Waals surface area (Å²) in [5.74, 6) is -0.908. The summed E-state index contributed by atoms with van der Waals surface area (Å²) in [7, 11) is 0. The molecule has 7 heteroatoms. The minimum atomic E-state index is -0.908. The molecule has 0 atom stereocenters. The number of rotatable bonds is 4. The van der Waals surface area contributed by atoms with Crippen LogP contribution in [0, 0.1) is 0 Å². The molecule has 0 heterocycles. The molecule has 2 aromatic carbocycles. The number of carbonyl (C=O) groups is 2. The topological polar surface area (TPSA) is 78.4 Å². The van der Waals surface area contributed by atoms with Crippen LogP contribution in [0.2, 0.25) is 10.0 Å². The summed E-state index contributed by atoms with van der Waals surface area (Å²) in [6, 6.07) is 10.8. The van der Waals surface area contributed by atoms with Crippen molar-refractivity contribution in [2.24, 2.45) is 0 Å². The molecule has 5 nitrogen and oxygen atoms in total. The van der Waals surface area contributed by atoms with Crippen LogP contribution in [0.1, 0.15) is 5.56 Å². The molecule has 0 unspecified atom stereocenters. The molecule has 0 bridgehead atoms. The number of nitrogens with one attached hydrogen (secondary N) is 2. The van der Waals surface area contributed by atoms with E-state index in [1.165, 1.54) is 0 Å². The third-order valence-electron chi connectivity index (χ3n) is 2.74. The molecule has 3 N–H and O–H groups in total. The highest BCUT2D eigenvalue weighted by Crippen LogP contribution is 2.25. The van der Waals surface area contributed by atoms with Crippen LogP contribution >= 0.6 is 23.2 Å². The van der Waals surface area contributed by atoms with Crippen LogP contribution in [0.15, 0.2) is 42.5 Å². The smallest absolute Gasteiger partial charge is 0.323 e. The number of anilines is 2. The average Bonchev–Trinajstić information content (AvgIpc) is 2.44. The van der Waals surface area contributed by atoms with Gasteiger partial charge in [-0.2, -0.15) is 0 Å².